The summed E-state index contributed by atoms with van der Waals surface area (Å²) >= 11 is 0. The second kappa shape index (κ2) is 4.45. The van der Waals surface area contributed by atoms with Crippen LogP contribution in [-0.2, 0) is 9.53 Å². The van der Waals surface area contributed by atoms with Gasteiger partial charge in [-0.3, -0.25) is 0 Å². The summed E-state index contributed by atoms with van der Waals surface area (Å²) in [5.41, 5.74) is -0.489. The van der Waals surface area contributed by atoms with Crippen LogP contribution in [0, 0.1) is 16.7 Å². The number of β-amino-alcohol motifs (C(OH)–C–C–N with tert-alkyl or cyclic N) is 1. The van der Waals surface area contributed by atoms with Crippen LogP contribution in [0.3, 0.4) is 0 Å². The maximum absolute atomic E-state index is 11.7. The summed E-state index contributed by atoms with van der Waals surface area (Å²) in [5.74, 6) is 0.240. The topological polar surface area (TPSA) is 58.6 Å². The quantitative estimate of drug-likeness (QED) is 0.781. The molecule has 0 aromatic carbocycles. The largest absolute Gasteiger partial charge is 0.467 e. The molecule has 4 fully saturated rings. The molecule has 4 aliphatic rings. The number of hydrogen-bond donors (Lipinski definition) is 2. The number of ether oxygens (including phenoxy) is 1. The number of carbonyl (C=O) groups excluding carboxylic acids is 1. The number of carbonyl (C=O) groups is 1. The lowest BCUT2D eigenvalue weighted by Crippen LogP contribution is -2.66. The van der Waals surface area contributed by atoms with Crippen LogP contribution in [0.15, 0.2) is 0 Å². The Morgan fingerprint density at radius 3 is 2.29 bits per heavy atom. The molecule has 3 atom stereocenters. The monoisotopic (exact) mass is 295 g/mol. The minimum absolute atomic E-state index is 0.0981. The van der Waals surface area contributed by atoms with Crippen LogP contribution in [0.2, 0.25) is 0 Å². The smallest absolute Gasteiger partial charge is 0.338 e. The van der Waals surface area contributed by atoms with Gasteiger partial charge < -0.3 is 15.2 Å². The molecule has 4 saturated carbocycles. The van der Waals surface area contributed by atoms with Crippen LogP contribution in [0.1, 0.15) is 59.3 Å². The zero-order chi connectivity index (χ0) is 15.5. The summed E-state index contributed by atoms with van der Waals surface area (Å²) < 4.78 is 4.70. The van der Waals surface area contributed by atoms with Gasteiger partial charge in [0.25, 0.3) is 0 Å². The third-order valence-electron chi connectivity index (χ3n) is 6.06. The summed E-state index contributed by atoms with van der Waals surface area (Å²) in [7, 11) is 1.32. The average Bonchev–Trinajstić information content (AvgIpc) is 2.31. The Kier molecular flexibility index (Phi) is 3.24. The van der Waals surface area contributed by atoms with E-state index in [-0.39, 0.29) is 12.1 Å². The molecule has 3 unspecified atom stereocenters. The van der Waals surface area contributed by atoms with E-state index in [1.165, 1.54) is 52.6 Å². The summed E-state index contributed by atoms with van der Waals surface area (Å²) in [6.45, 7) is 6.66. The number of rotatable bonds is 4. The number of nitrogens with one attached hydrogen (secondary N) is 1. The Balaban J connectivity index is 1.75. The molecule has 0 aromatic heterocycles. The fourth-order valence-electron chi connectivity index (χ4n) is 6.30. The first-order chi connectivity index (χ1) is 9.60. The van der Waals surface area contributed by atoms with E-state index in [2.05, 4.69) is 19.2 Å². The molecule has 0 heterocycles. The van der Waals surface area contributed by atoms with Crippen LogP contribution in [-0.4, -0.2) is 35.9 Å². The van der Waals surface area contributed by atoms with E-state index >= 15 is 0 Å². The van der Waals surface area contributed by atoms with E-state index in [0.29, 0.717) is 10.8 Å². The van der Waals surface area contributed by atoms with Gasteiger partial charge in [0, 0.05) is 12.1 Å². The van der Waals surface area contributed by atoms with E-state index in [4.69, 9.17) is 4.74 Å². The standard InChI is InChI=1S/C17H29NO3/c1-14-5-12-6-15(2,8-14)10-17(7-12,9-14)18-11-16(3,20)13(19)21-4/h12,18,20H,5-11H2,1-4H3. The van der Waals surface area contributed by atoms with Gasteiger partial charge in [-0.05, 0) is 62.2 Å². The Morgan fingerprint density at radius 2 is 1.81 bits per heavy atom. The molecule has 4 bridgehead atoms. The van der Waals surface area contributed by atoms with Gasteiger partial charge in [-0.15, -0.1) is 0 Å². The van der Waals surface area contributed by atoms with E-state index in [1.807, 2.05) is 0 Å². The van der Waals surface area contributed by atoms with Gasteiger partial charge in [0.05, 0.1) is 7.11 Å². The van der Waals surface area contributed by atoms with E-state index in [9.17, 15) is 9.90 Å². The van der Waals surface area contributed by atoms with Crippen LogP contribution < -0.4 is 5.32 Å². The molecule has 4 heteroatoms. The van der Waals surface area contributed by atoms with Gasteiger partial charge in [-0.25, -0.2) is 4.79 Å². The lowest BCUT2D eigenvalue weighted by molar-refractivity contribution is -0.162. The SMILES string of the molecule is COC(=O)C(C)(O)CNC12CC3CC(C)(CC(C)(C3)C1)C2. The number of esters is 1. The minimum atomic E-state index is -1.44. The molecular weight excluding hydrogens is 266 g/mol. The summed E-state index contributed by atoms with van der Waals surface area (Å²) in [5, 5.41) is 13.9. The van der Waals surface area contributed by atoms with Gasteiger partial charge in [0.2, 0.25) is 0 Å². The minimum Gasteiger partial charge on any atom is -0.467 e. The highest BCUT2D eigenvalue weighted by atomic mass is 16.5. The van der Waals surface area contributed by atoms with Crippen LogP contribution in [0.25, 0.3) is 0 Å². The van der Waals surface area contributed by atoms with Crippen molar-refractivity contribution in [2.75, 3.05) is 13.7 Å². The normalized spacial score (nSPS) is 47.2. The van der Waals surface area contributed by atoms with Crippen molar-refractivity contribution in [1.82, 2.24) is 5.32 Å². The van der Waals surface area contributed by atoms with Gasteiger partial charge >= 0.3 is 5.97 Å². The molecule has 0 aliphatic heterocycles. The highest BCUT2D eigenvalue weighted by Gasteiger charge is 2.60. The number of methoxy groups -OCH3 is 1. The first kappa shape index (κ1) is 15.3. The fraction of sp³-hybridized carbons (Fsp3) is 0.941. The second-order valence-electron chi connectivity index (χ2n) is 9.03. The number of aliphatic hydroxyl groups is 1. The number of hydrogen-bond acceptors (Lipinski definition) is 4. The molecule has 4 nitrogen and oxygen atoms in total. The highest BCUT2D eigenvalue weighted by Crippen LogP contribution is 2.66. The van der Waals surface area contributed by atoms with Crippen molar-refractivity contribution >= 4 is 5.97 Å². The van der Waals surface area contributed by atoms with Crippen LogP contribution >= 0.6 is 0 Å². The van der Waals surface area contributed by atoms with Crippen molar-refractivity contribution in [2.45, 2.75) is 70.4 Å². The van der Waals surface area contributed by atoms with E-state index < -0.39 is 11.6 Å². The van der Waals surface area contributed by atoms with Crippen LogP contribution in [0.5, 0.6) is 0 Å². The Hall–Kier alpha value is -0.610. The molecule has 120 valence electrons. The van der Waals surface area contributed by atoms with Crippen molar-refractivity contribution in [2.24, 2.45) is 16.7 Å². The van der Waals surface area contributed by atoms with Crippen molar-refractivity contribution in [3.63, 3.8) is 0 Å². The van der Waals surface area contributed by atoms with Gasteiger partial charge in [0.15, 0.2) is 5.60 Å². The first-order valence-corrected chi connectivity index (χ1v) is 8.15. The Labute approximate surface area is 127 Å². The predicted octanol–water partition coefficient (Wildman–Crippen LogP) is 2.25. The summed E-state index contributed by atoms with van der Waals surface area (Å²) in [6, 6.07) is 0. The molecule has 0 saturated heterocycles. The summed E-state index contributed by atoms with van der Waals surface area (Å²) in [4.78, 5) is 11.7. The van der Waals surface area contributed by atoms with Crippen molar-refractivity contribution in [3.8, 4) is 0 Å². The molecule has 4 aliphatic carbocycles. The van der Waals surface area contributed by atoms with Crippen molar-refractivity contribution in [3.05, 3.63) is 0 Å². The Morgan fingerprint density at radius 1 is 1.24 bits per heavy atom. The van der Waals surface area contributed by atoms with Gasteiger partial charge in [0.1, 0.15) is 0 Å². The lowest BCUT2D eigenvalue weighted by Gasteiger charge is -2.65. The molecule has 0 aromatic rings. The van der Waals surface area contributed by atoms with Crippen LogP contribution in [0.4, 0.5) is 0 Å². The molecular formula is C17H29NO3. The lowest BCUT2D eigenvalue weighted by atomic mass is 9.43. The Bertz CT molecular complexity index is 441. The molecule has 0 radical (unpaired) electrons. The van der Waals surface area contributed by atoms with E-state index in [0.717, 1.165) is 5.92 Å². The second-order valence-corrected chi connectivity index (χ2v) is 9.03. The third kappa shape index (κ3) is 2.61. The predicted molar refractivity (Wildman–Crippen MR) is 80.8 cm³/mol. The van der Waals surface area contributed by atoms with Gasteiger partial charge in [-0.1, -0.05) is 13.8 Å². The zero-order valence-electron chi connectivity index (χ0n) is 13.8. The first-order valence-electron chi connectivity index (χ1n) is 8.15. The summed E-state index contributed by atoms with van der Waals surface area (Å²) in [6.07, 6.45) is 7.55. The van der Waals surface area contributed by atoms with Crippen molar-refractivity contribution < 1.29 is 14.6 Å². The van der Waals surface area contributed by atoms with Crippen molar-refractivity contribution in [1.29, 1.82) is 0 Å². The maximum Gasteiger partial charge on any atom is 0.338 e. The maximum atomic E-state index is 11.7. The fourth-order valence-corrected chi connectivity index (χ4v) is 6.30. The van der Waals surface area contributed by atoms with Gasteiger partial charge in [-0.2, -0.15) is 0 Å². The third-order valence-corrected chi connectivity index (χ3v) is 6.06. The zero-order valence-corrected chi connectivity index (χ0v) is 13.8. The highest BCUT2D eigenvalue weighted by molar-refractivity contribution is 5.78. The molecule has 2 N–H and O–H groups in total. The molecule has 4 rings (SSSR count). The molecule has 0 spiro atoms. The average molecular weight is 295 g/mol. The van der Waals surface area contributed by atoms with E-state index in [1.54, 1.807) is 0 Å². The molecule has 21 heavy (non-hydrogen) atoms. The molecule has 0 amide bonds.